The highest BCUT2D eigenvalue weighted by atomic mass is 35.5. The smallest absolute Gasteiger partial charge is 0.305 e. The van der Waals surface area contributed by atoms with Crippen molar-refractivity contribution in [1.82, 2.24) is 0 Å². The molecule has 28 heavy (non-hydrogen) atoms. The van der Waals surface area contributed by atoms with Crippen LogP contribution in [0.25, 0.3) is 0 Å². The number of ether oxygens (including phenoxy) is 3. The quantitative estimate of drug-likeness (QED) is 0.476. The molecule has 0 radical (unpaired) electrons. The summed E-state index contributed by atoms with van der Waals surface area (Å²) < 4.78 is 15.8. The maximum absolute atomic E-state index is 12.7. The van der Waals surface area contributed by atoms with Crippen LogP contribution in [0, 0.1) is 5.41 Å². The van der Waals surface area contributed by atoms with Crippen LogP contribution in [-0.2, 0) is 19.1 Å². The van der Waals surface area contributed by atoms with Crippen molar-refractivity contribution < 1.29 is 23.8 Å². The summed E-state index contributed by atoms with van der Waals surface area (Å²) in [6.07, 6.45) is 1.39. The van der Waals surface area contributed by atoms with Crippen molar-refractivity contribution >= 4 is 30.0 Å². The third-order valence-electron chi connectivity index (χ3n) is 5.37. The van der Waals surface area contributed by atoms with Crippen LogP contribution in [0.5, 0.6) is 5.75 Å². The first kappa shape index (κ1) is 24.2. The van der Waals surface area contributed by atoms with Crippen LogP contribution in [0.15, 0.2) is 24.3 Å². The van der Waals surface area contributed by atoms with E-state index in [9.17, 15) is 9.59 Å². The molecule has 1 fully saturated rings. The highest BCUT2D eigenvalue weighted by molar-refractivity contribution is 5.99. The summed E-state index contributed by atoms with van der Waals surface area (Å²) >= 11 is 0. The molecule has 1 aliphatic rings. The first-order valence-electron chi connectivity index (χ1n) is 9.26. The number of methoxy groups -OCH3 is 1. The minimum atomic E-state index is -0.962. The number of anilines is 1. The molecular formula is C20H31ClN2O5. The molecule has 2 atom stereocenters. The molecule has 8 heteroatoms. The number of nitrogens with one attached hydrogen (secondary N) is 1. The van der Waals surface area contributed by atoms with Gasteiger partial charge in [-0.25, -0.2) is 0 Å². The number of carbonyl (C=O) groups is 2. The highest BCUT2D eigenvalue weighted by Crippen LogP contribution is 2.50. The van der Waals surface area contributed by atoms with Crippen molar-refractivity contribution in [3.8, 4) is 5.75 Å². The second-order valence-corrected chi connectivity index (χ2v) is 7.35. The Kier molecular flexibility index (Phi) is 8.73. The number of nitrogens with two attached hydrogens (primary N) is 1. The third-order valence-corrected chi connectivity index (χ3v) is 5.37. The number of hydrogen-bond donors (Lipinski definition) is 2. The van der Waals surface area contributed by atoms with Gasteiger partial charge in [-0.1, -0.05) is 13.8 Å². The number of esters is 1. The number of amides is 1. The Morgan fingerprint density at radius 2 is 1.89 bits per heavy atom. The Morgan fingerprint density at radius 3 is 2.43 bits per heavy atom. The van der Waals surface area contributed by atoms with E-state index >= 15 is 0 Å². The zero-order valence-electron chi connectivity index (χ0n) is 16.9. The maximum atomic E-state index is 12.7. The number of hydrogen-bond acceptors (Lipinski definition) is 6. The molecule has 0 aromatic heterocycles. The van der Waals surface area contributed by atoms with Gasteiger partial charge in [-0.05, 0) is 37.6 Å². The molecule has 2 rings (SSSR count). The maximum Gasteiger partial charge on any atom is 0.305 e. The minimum Gasteiger partial charge on any atom is -0.494 e. The third kappa shape index (κ3) is 5.16. The number of carbonyl (C=O) groups excluding carboxylic acids is 2. The average Bonchev–Trinajstić information content (AvgIpc) is 2.65. The van der Waals surface area contributed by atoms with Gasteiger partial charge >= 0.3 is 5.97 Å². The summed E-state index contributed by atoms with van der Waals surface area (Å²) in [4.78, 5) is 23.8. The summed E-state index contributed by atoms with van der Waals surface area (Å²) in [5.74, 6) is 0.203. The number of halogens is 1. The molecule has 0 aliphatic heterocycles. The predicted octanol–water partition coefficient (Wildman–Crippen LogP) is 2.91. The molecule has 0 saturated heterocycles. The normalized spacial score (nSPS) is 22.4. The lowest BCUT2D eigenvalue weighted by atomic mass is 9.54. The van der Waals surface area contributed by atoms with Crippen LogP contribution < -0.4 is 15.8 Å². The standard InChI is InChI=1S/C20H30N2O5.ClH/c1-5-26-16-13-20(21,19(16,2)3)18(24)22-14-8-10-15(11-9-14)27-12-6-7-17(23)25-4;/h8-11,16H,5-7,12-13,21H2,1-4H3,(H,22,24);1H. The first-order chi connectivity index (χ1) is 12.7. The van der Waals surface area contributed by atoms with Crippen LogP contribution in [0.3, 0.4) is 0 Å². The van der Waals surface area contributed by atoms with E-state index in [4.69, 9.17) is 15.2 Å². The van der Waals surface area contributed by atoms with Crippen molar-refractivity contribution in [3.05, 3.63) is 24.3 Å². The molecular weight excluding hydrogens is 384 g/mol. The van der Waals surface area contributed by atoms with E-state index in [1.54, 1.807) is 24.3 Å². The molecule has 7 nitrogen and oxygen atoms in total. The fourth-order valence-corrected chi connectivity index (χ4v) is 3.21. The zero-order chi connectivity index (χ0) is 20.1. The molecule has 1 amide bonds. The van der Waals surface area contributed by atoms with Crippen molar-refractivity contribution in [2.45, 2.75) is 51.7 Å². The fourth-order valence-electron chi connectivity index (χ4n) is 3.21. The number of rotatable bonds is 9. The van der Waals surface area contributed by atoms with Crippen molar-refractivity contribution in [3.63, 3.8) is 0 Å². The lowest BCUT2D eigenvalue weighted by Gasteiger charge is -2.57. The molecule has 1 saturated carbocycles. The molecule has 1 aliphatic carbocycles. The fraction of sp³-hybridized carbons (Fsp3) is 0.600. The monoisotopic (exact) mass is 414 g/mol. The van der Waals surface area contributed by atoms with E-state index in [-0.39, 0.29) is 30.4 Å². The molecule has 1 aromatic rings. The van der Waals surface area contributed by atoms with Gasteiger partial charge in [0.15, 0.2) is 0 Å². The van der Waals surface area contributed by atoms with E-state index in [0.717, 1.165) is 0 Å². The van der Waals surface area contributed by atoms with Gasteiger partial charge in [0.25, 0.3) is 0 Å². The summed E-state index contributed by atoms with van der Waals surface area (Å²) in [6, 6.07) is 7.07. The van der Waals surface area contributed by atoms with Gasteiger partial charge in [-0.15, -0.1) is 12.4 Å². The van der Waals surface area contributed by atoms with E-state index in [2.05, 4.69) is 10.1 Å². The van der Waals surface area contributed by atoms with Crippen LogP contribution in [0.2, 0.25) is 0 Å². The van der Waals surface area contributed by atoms with Crippen molar-refractivity contribution in [1.29, 1.82) is 0 Å². The summed E-state index contributed by atoms with van der Waals surface area (Å²) in [5, 5.41) is 2.88. The van der Waals surface area contributed by atoms with E-state index < -0.39 is 11.0 Å². The Morgan fingerprint density at radius 1 is 1.25 bits per heavy atom. The van der Waals surface area contributed by atoms with Gasteiger partial charge in [-0.3, -0.25) is 9.59 Å². The SMILES string of the molecule is CCOC1CC(N)(C(=O)Nc2ccc(OCCCC(=O)OC)cc2)C1(C)C.Cl. The summed E-state index contributed by atoms with van der Waals surface area (Å²) in [5.41, 5.74) is 5.64. The lowest BCUT2D eigenvalue weighted by Crippen LogP contribution is -2.74. The van der Waals surface area contributed by atoms with Crippen molar-refractivity contribution in [2.75, 3.05) is 25.6 Å². The molecule has 0 heterocycles. The lowest BCUT2D eigenvalue weighted by molar-refractivity contribution is -0.166. The minimum absolute atomic E-state index is 0. The predicted molar refractivity (Wildman–Crippen MR) is 110 cm³/mol. The molecule has 158 valence electrons. The molecule has 0 spiro atoms. The number of benzene rings is 1. The Hall–Kier alpha value is -1.83. The van der Waals surface area contributed by atoms with E-state index in [1.807, 2.05) is 20.8 Å². The van der Waals surface area contributed by atoms with Crippen LogP contribution in [0.4, 0.5) is 5.69 Å². The van der Waals surface area contributed by atoms with Gasteiger partial charge in [0.2, 0.25) is 5.91 Å². The highest BCUT2D eigenvalue weighted by Gasteiger charge is 2.62. The molecule has 1 aromatic carbocycles. The Labute approximate surface area is 172 Å². The Bertz CT molecular complexity index is 665. The zero-order valence-corrected chi connectivity index (χ0v) is 17.8. The Balaban J connectivity index is 0.00000392. The van der Waals surface area contributed by atoms with E-state index in [1.165, 1.54) is 7.11 Å². The molecule has 0 bridgehead atoms. The van der Waals surface area contributed by atoms with Crippen LogP contribution in [0.1, 0.15) is 40.0 Å². The summed E-state index contributed by atoms with van der Waals surface area (Å²) in [6.45, 7) is 6.88. The van der Waals surface area contributed by atoms with Gasteiger partial charge in [0.1, 0.15) is 11.3 Å². The van der Waals surface area contributed by atoms with Gasteiger partial charge in [0, 0.05) is 30.6 Å². The molecule has 2 unspecified atom stereocenters. The summed E-state index contributed by atoms with van der Waals surface area (Å²) in [7, 11) is 1.36. The van der Waals surface area contributed by atoms with Gasteiger partial charge < -0.3 is 25.3 Å². The first-order valence-corrected chi connectivity index (χ1v) is 9.26. The topological polar surface area (TPSA) is 99.9 Å². The second-order valence-electron chi connectivity index (χ2n) is 7.35. The average molecular weight is 415 g/mol. The second kappa shape index (κ2) is 10.1. The molecule has 3 N–H and O–H groups in total. The van der Waals surface area contributed by atoms with Gasteiger partial charge in [0.05, 0.1) is 19.8 Å². The van der Waals surface area contributed by atoms with E-state index in [0.29, 0.717) is 43.9 Å². The van der Waals surface area contributed by atoms with Crippen molar-refractivity contribution in [2.24, 2.45) is 11.1 Å². The largest absolute Gasteiger partial charge is 0.494 e. The van der Waals surface area contributed by atoms with Crippen LogP contribution >= 0.6 is 12.4 Å². The van der Waals surface area contributed by atoms with Crippen LogP contribution in [-0.4, -0.2) is 43.8 Å². The van der Waals surface area contributed by atoms with Gasteiger partial charge in [-0.2, -0.15) is 0 Å².